The van der Waals surface area contributed by atoms with Gasteiger partial charge in [0.05, 0.1) is 0 Å². The van der Waals surface area contributed by atoms with E-state index in [9.17, 15) is 0 Å². The largest absolute Gasteiger partial charge is 0.394 e. The maximum absolute atomic E-state index is 3.07. The number of hydrogen-bond acceptors (Lipinski definition) is 2. The average Bonchev–Trinajstić information content (AvgIpc) is 1.83. The molecule has 2 heteroatoms. The molecule has 0 aromatic carbocycles. The van der Waals surface area contributed by atoms with E-state index in [1.807, 2.05) is 20.3 Å². The van der Waals surface area contributed by atoms with Crippen LogP contribution in [0.15, 0.2) is 12.3 Å². The molecule has 0 aliphatic rings. The molecule has 0 aliphatic heterocycles. The number of hydrogen-bond donors (Lipinski definition) is 2. The quantitative estimate of drug-likeness (QED) is 0.552. The summed E-state index contributed by atoms with van der Waals surface area (Å²) < 4.78 is 0. The summed E-state index contributed by atoms with van der Waals surface area (Å²) in [5.74, 6) is 0. The smallest absolute Gasteiger partial charge is 0.0235 e. The third kappa shape index (κ3) is 3.68. The van der Waals surface area contributed by atoms with Gasteiger partial charge in [0.1, 0.15) is 0 Å². The molecule has 0 heterocycles. The van der Waals surface area contributed by atoms with Crippen LogP contribution in [0.1, 0.15) is 6.92 Å². The summed E-state index contributed by atoms with van der Waals surface area (Å²) in [6.07, 6.45) is 3.97. The zero-order valence-corrected chi connectivity index (χ0v) is 5.73. The van der Waals surface area contributed by atoms with Crippen molar-refractivity contribution >= 4 is 0 Å². The topological polar surface area (TPSA) is 24.1 Å². The van der Waals surface area contributed by atoms with Crippen LogP contribution in [0, 0.1) is 0 Å². The zero-order chi connectivity index (χ0) is 6.41. The minimum Gasteiger partial charge on any atom is -0.394 e. The first kappa shape index (κ1) is 7.50. The van der Waals surface area contributed by atoms with Gasteiger partial charge in [-0.3, -0.25) is 0 Å². The van der Waals surface area contributed by atoms with Crippen molar-refractivity contribution in [3.8, 4) is 0 Å². The third-order valence-electron chi connectivity index (χ3n) is 1.01. The standard InChI is InChI=1S/C6H14N2/c1-6(8-3)4-5-7-2/h4-8H,1-3H3/b5-4-. The average molecular weight is 114 g/mol. The first-order chi connectivity index (χ1) is 3.81. The number of nitrogens with one attached hydrogen (secondary N) is 2. The molecule has 0 bridgehead atoms. The molecule has 0 aromatic rings. The third-order valence-corrected chi connectivity index (χ3v) is 1.01. The van der Waals surface area contributed by atoms with E-state index < -0.39 is 0 Å². The van der Waals surface area contributed by atoms with Crippen LogP contribution >= 0.6 is 0 Å². The van der Waals surface area contributed by atoms with E-state index in [0.717, 1.165) is 0 Å². The van der Waals surface area contributed by atoms with E-state index in [4.69, 9.17) is 0 Å². The Labute approximate surface area is 51.0 Å². The summed E-state index contributed by atoms with van der Waals surface area (Å²) in [7, 11) is 3.82. The monoisotopic (exact) mass is 114 g/mol. The molecule has 0 saturated heterocycles. The van der Waals surface area contributed by atoms with Crippen LogP contribution in [0.3, 0.4) is 0 Å². The molecule has 0 saturated carbocycles. The second-order valence-electron chi connectivity index (χ2n) is 1.73. The molecule has 2 nitrogen and oxygen atoms in total. The van der Waals surface area contributed by atoms with Gasteiger partial charge in [-0.15, -0.1) is 0 Å². The van der Waals surface area contributed by atoms with E-state index in [2.05, 4.69) is 23.6 Å². The molecule has 0 fully saturated rings. The van der Waals surface area contributed by atoms with Crippen molar-refractivity contribution in [1.82, 2.24) is 10.6 Å². The summed E-state index contributed by atoms with van der Waals surface area (Å²) in [6, 6.07) is 0.461. The van der Waals surface area contributed by atoms with E-state index >= 15 is 0 Å². The minimum atomic E-state index is 0.461. The van der Waals surface area contributed by atoms with E-state index in [1.54, 1.807) is 0 Å². The maximum atomic E-state index is 3.07. The number of rotatable bonds is 3. The Morgan fingerprint density at radius 2 is 2.00 bits per heavy atom. The fourth-order valence-corrected chi connectivity index (χ4v) is 0.337. The summed E-state index contributed by atoms with van der Waals surface area (Å²) in [5, 5.41) is 5.99. The van der Waals surface area contributed by atoms with Crippen LogP contribution in [0.5, 0.6) is 0 Å². The van der Waals surface area contributed by atoms with Gasteiger partial charge in [-0.05, 0) is 20.2 Å². The van der Waals surface area contributed by atoms with Gasteiger partial charge in [0.15, 0.2) is 0 Å². The van der Waals surface area contributed by atoms with Gasteiger partial charge in [0.25, 0.3) is 0 Å². The van der Waals surface area contributed by atoms with Crippen LogP contribution in [0.4, 0.5) is 0 Å². The highest BCUT2D eigenvalue weighted by Crippen LogP contribution is 1.78. The highest BCUT2D eigenvalue weighted by atomic mass is 14.9. The van der Waals surface area contributed by atoms with Crippen molar-refractivity contribution in [1.29, 1.82) is 0 Å². The fourth-order valence-electron chi connectivity index (χ4n) is 0.337. The molecule has 0 spiro atoms. The number of likely N-dealkylation sites (N-methyl/N-ethyl adjacent to an activating group) is 1. The first-order valence-electron chi connectivity index (χ1n) is 2.82. The van der Waals surface area contributed by atoms with Gasteiger partial charge < -0.3 is 10.6 Å². The molecule has 1 unspecified atom stereocenters. The SMILES string of the molecule is CN/C=C\C(C)NC. The van der Waals surface area contributed by atoms with E-state index in [1.165, 1.54) is 0 Å². The Balaban J connectivity index is 3.21. The van der Waals surface area contributed by atoms with Crippen molar-refractivity contribution < 1.29 is 0 Å². The predicted molar refractivity (Wildman–Crippen MR) is 36.7 cm³/mol. The van der Waals surface area contributed by atoms with Crippen molar-refractivity contribution in [2.24, 2.45) is 0 Å². The van der Waals surface area contributed by atoms with Crippen LogP contribution in [0.2, 0.25) is 0 Å². The Morgan fingerprint density at radius 3 is 2.38 bits per heavy atom. The predicted octanol–water partition coefficient (Wildman–Crippen LogP) is 0.327. The van der Waals surface area contributed by atoms with Crippen molar-refractivity contribution in [3.63, 3.8) is 0 Å². The zero-order valence-electron chi connectivity index (χ0n) is 5.73. The lowest BCUT2D eigenvalue weighted by Crippen LogP contribution is -2.18. The minimum absolute atomic E-state index is 0.461. The van der Waals surface area contributed by atoms with E-state index in [0.29, 0.717) is 6.04 Å². The van der Waals surface area contributed by atoms with Crippen LogP contribution in [-0.2, 0) is 0 Å². The first-order valence-corrected chi connectivity index (χ1v) is 2.82. The molecule has 0 rings (SSSR count). The van der Waals surface area contributed by atoms with Gasteiger partial charge in [0, 0.05) is 13.1 Å². The molecule has 0 aromatic heterocycles. The van der Waals surface area contributed by atoms with Gasteiger partial charge >= 0.3 is 0 Å². The van der Waals surface area contributed by atoms with Crippen molar-refractivity contribution in [3.05, 3.63) is 12.3 Å². The molecule has 2 N–H and O–H groups in total. The summed E-state index contributed by atoms with van der Waals surface area (Å²) in [4.78, 5) is 0. The highest BCUT2D eigenvalue weighted by molar-refractivity contribution is 4.87. The molecule has 0 aliphatic carbocycles. The molecule has 48 valence electrons. The molecule has 0 radical (unpaired) electrons. The lowest BCUT2D eigenvalue weighted by Gasteiger charge is -2.00. The Kier molecular flexibility index (Phi) is 4.36. The Morgan fingerprint density at radius 1 is 1.38 bits per heavy atom. The molecular formula is C6H14N2. The van der Waals surface area contributed by atoms with Crippen molar-refractivity contribution in [2.45, 2.75) is 13.0 Å². The van der Waals surface area contributed by atoms with Gasteiger partial charge in [0.2, 0.25) is 0 Å². The van der Waals surface area contributed by atoms with Crippen LogP contribution in [0.25, 0.3) is 0 Å². The molecule has 1 atom stereocenters. The lowest BCUT2D eigenvalue weighted by atomic mass is 10.3. The Hall–Kier alpha value is -0.500. The van der Waals surface area contributed by atoms with Gasteiger partial charge in [-0.2, -0.15) is 0 Å². The lowest BCUT2D eigenvalue weighted by molar-refractivity contribution is 0.725. The van der Waals surface area contributed by atoms with Gasteiger partial charge in [-0.25, -0.2) is 0 Å². The summed E-state index contributed by atoms with van der Waals surface area (Å²) >= 11 is 0. The maximum Gasteiger partial charge on any atom is 0.0235 e. The molecular weight excluding hydrogens is 100 g/mol. The fraction of sp³-hybridized carbons (Fsp3) is 0.667. The van der Waals surface area contributed by atoms with Gasteiger partial charge in [-0.1, -0.05) is 6.08 Å². The molecule has 8 heavy (non-hydrogen) atoms. The second-order valence-corrected chi connectivity index (χ2v) is 1.73. The Bertz CT molecular complexity index is 68.9. The van der Waals surface area contributed by atoms with Crippen molar-refractivity contribution in [2.75, 3.05) is 14.1 Å². The summed E-state index contributed by atoms with van der Waals surface area (Å²) in [6.45, 7) is 2.09. The van der Waals surface area contributed by atoms with Crippen LogP contribution in [-0.4, -0.2) is 20.1 Å². The highest BCUT2D eigenvalue weighted by Gasteiger charge is 1.84. The van der Waals surface area contributed by atoms with E-state index in [-0.39, 0.29) is 0 Å². The molecule has 0 amide bonds. The summed E-state index contributed by atoms with van der Waals surface area (Å²) in [5.41, 5.74) is 0. The second kappa shape index (κ2) is 4.65. The van der Waals surface area contributed by atoms with Crippen LogP contribution < -0.4 is 10.6 Å². The normalized spacial score (nSPS) is 14.4.